The second-order valence-electron chi connectivity index (χ2n) is 3.80. The summed E-state index contributed by atoms with van der Waals surface area (Å²) in [6, 6.07) is 1.85. The largest absolute Gasteiger partial charge is 0.356 e. The Balaban J connectivity index is 2.70. The number of rotatable bonds is 5. The molecule has 1 aromatic rings. The van der Waals surface area contributed by atoms with E-state index in [9.17, 15) is 9.59 Å². The van der Waals surface area contributed by atoms with Crippen LogP contribution >= 0.6 is 0 Å². The zero-order chi connectivity index (χ0) is 12.1. The Morgan fingerprint density at radius 1 is 1.50 bits per heavy atom. The molecule has 1 heterocycles. The molecule has 1 N–H and O–H groups in total. The predicted molar refractivity (Wildman–Crippen MR) is 62.6 cm³/mol. The normalized spacial score (nSPS) is 10.2. The van der Waals surface area contributed by atoms with Crippen LogP contribution in [-0.2, 0) is 11.3 Å². The summed E-state index contributed by atoms with van der Waals surface area (Å²) in [7, 11) is 0. The molecule has 0 unspecified atom stereocenters. The Labute approximate surface area is 95.6 Å². The Morgan fingerprint density at radius 3 is 2.69 bits per heavy atom. The fourth-order valence-corrected chi connectivity index (χ4v) is 1.79. The molecule has 1 aromatic heterocycles. The molecule has 0 aliphatic rings. The smallest absolute Gasteiger partial charge is 0.221 e. The highest BCUT2D eigenvalue weighted by Gasteiger charge is 2.09. The molecule has 0 spiro atoms. The fraction of sp³-hybridized carbons (Fsp3) is 0.500. The van der Waals surface area contributed by atoms with E-state index in [0.717, 1.165) is 17.7 Å². The second-order valence-corrected chi connectivity index (χ2v) is 3.80. The van der Waals surface area contributed by atoms with Crippen molar-refractivity contribution in [3.8, 4) is 0 Å². The van der Waals surface area contributed by atoms with Crippen LogP contribution in [0.25, 0.3) is 0 Å². The lowest BCUT2D eigenvalue weighted by Crippen LogP contribution is -2.24. The number of aromatic nitrogens is 1. The standard InChI is InChI=1S/C12H18N2O2/c1-4-13-12(16)5-6-14-9(2)7-11(8-15)10(14)3/h7-8H,4-6H2,1-3H3,(H,13,16). The van der Waals surface area contributed by atoms with Crippen molar-refractivity contribution in [3.63, 3.8) is 0 Å². The summed E-state index contributed by atoms with van der Waals surface area (Å²) in [6.07, 6.45) is 1.30. The molecular formula is C12H18N2O2. The molecule has 0 aliphatic carbocycles. The number of hydrogen-bond acceptors (Lipinski definition) is 2. The zero-order valence-electron chi connectivity index (χ0n) is 10.0. The average molecular weight is 222 g/mol. The molecule has 0 bridgehead atoms. The lowest BCUT2D eigenvalue weighted by molar-refractivity contribution is -0.121. The third kappa shape index (κ3) is 2.72. The molecule has 0 radical (unpaired) electrons. The zero-order valence-corrected chi connectivity index (χ0v) is 10.0. The maximum absolute atomic E-state index is 11.3. The van der Waals surface area contributed by atoms with E-state index >= 15 is 0 Å². The lowest BCUT2D eigenvalue weighted by Gasteiger charge is -2.09. The van der Waals surface area contributed by atoms with Crippen molar-refractivity contribution in [2.24, 2.45) is 0 Å². The maximum Gasteiger partial charge on any atom is 0.221 e. The maximum atomic E-state index is 11.3. The van der Waals surface area contributed by atoms with Crippen LogP contribution in [0.4, 0.5) is 0 Å². The SMILES string of the molecule is CCNC(=O)CCn1c(C)cc(C=O)c1C. The fourth-order valence-electron chi connectivity index (χ4n) is 1.79. The Hall–Kier alpha value is -1.58. The molecule has 0 fully saturated rings. The number of aldehydes is 1. The summed E-state index contributed by atoms with van der Waals surface area (Å²) in [6.45, 7) is 7.01. The number of nitrogens with one attached hydrogen (secondary N) is 1. The minimum atomic E-state index is 0.0441. The molecule has 4 nitrogen and oxygen atoms in total. The minimum Gasteiger partial charge on any atom is -0.356 e. The van der Waals surface area contributed by atoms with E-state index in [1.807, 2.05) is 31.4 Å². The molecule has 0 aliphatic heterocycles. The van der Waals surface area contributed by atoms with E-state index in [2.05, 4.69) is 5.32 Å². The molecule has 0 saturated heterocycles. The summed E-state index contributed by atoms with van der Waals surface area (Å²) < 4.78 is 2.00. The minimum absolute atomic E-state index is 0.0441. The molecule has 16 heavy (non-hydrogen) atoms. The number of aryl methyl sites for hydroxylation is 1. The van der Waals surface area contributed by atoms with Gasteiger partial charge in [0, 0.05) is 36.5 Å². The summed E-state index contributed by atoms with van der Waals surface area (Å²) in [5.74, 6) is 0.0441. The quantitative estimate of drug-likeness (QED) is 0.766. The highest BCUT2D eigenvalue weighted by atomic mass is 16.1. The summed E-state index contributed by atoms with van der Waals surface area (Å²) >= 11 is 0. The van der Waals surface area contributed by atoms with Crippen LogP contribution in [0.1, 0.15) is 35.1 Å². The Morgan fingerprint density at radius 2 is 2.19 bits per heavy atom. The molecule has 0 atom stereocenters. The van der Waals surface area contributed by atoms with Crippen molar-refractivity contribution in [1.29, 1.82) is 0 Å². The van der Waals surface area contributed by atoms with Gasteiger partial charge in [-0.2, -0.15) is 0 Å². The summed E-state index contributed by atoms with van der Waals surface area (Å²) in [5.41, 5.74) is 2.65. The van der Waals surface area contributed by atoms with Crippen molar-refractivity contribution < 1.29 is 9.59 Å². The first-order chi connectivity index (χ1) is 7.60. The number of carbonyl (C=O) groups excluding carboxylic acids is 2. The van der Waals surface area contributed by atoms with Crippen LogP contribution < -0.4 is 5.32 Å². The number of hydrogen-bond donors (Lipinski definition) is 1. The van der Waals surface area contributed by atoms with Gasteiger partial charge in [0.2, 0.25) is 5.91 Å². The highest BCUT2D eigenvalue weighted by molar-refractivity contribution is 5.77. The van der Waals surface area contributed by atoms with Gasteiger partial charge < -0.3 is 9.88 Å². The van der Waals surface area contributed by atoms with Crippen molar-refractivity contribution in [3.05, 3.63) is 23.0 Å². The first kappa shape index (κ1) is 12.5. The van der Waals surface area contributed by atoms with Crippen molar-refractivity contribution >= 4 is 12.2 Å². The lowest BCUT2D eigenvalue weighted by atomic mass is 10.3. The van der Waals surface area contributed by atoms with Crippen LogP contribution in [0.15, 0.2) is 6.07 Å². The van der Waals surface area contributed by atoms with Gasteiger partial charge in [-0.3, -0.25) is 9.59 Å². The second kappa shape index (κ2) is 5.49. The van der Waals surface area contributed by atoms with Crippen LogP contribution in [0.2, 0.25) is 0 Å². The van der Waals surface area contributed by atoms with Crippen LogP contribution in [0.5, 0.6) is 0 Å². The van der Waals surface area contributed by atoms with E-state index in [-0.39, 0.29) is 5.91 Å². The molecule has 88 valence electrons. The molecule has 0 aromatic carbocycles. The van der Waals surface area contributed by atoms with Crippen molar-refractivity contribution in [2.75, 3.05) is 6.54 Å². The van der Waals surface area contributed by atoms with Gasteiger partial charge in [-0.05, 0) is 26.8 Å². The van der Waals surface area contributed by atoms with E-state index in [0.29, 0.717) is 25.1 Å². The Kier molecular flexibility index (Phi) is 4.28. The van der Waals surface area contributed by atoms with Crippen molar-refractivity contribution in [2.45, 2.75) is 33.7 Å². The monoisotopic (exact) mass is 222 g/mol. The van der Waals surface area contributed by atoms with Gasteiger partial charge >= 0.3 is 0 Å². The van der Waals surface area contributed by atoms with Crippen LogP contribution in [0.3, 0.4) is 0 Å². The summed E-state index contributed by atoms with van der Waals surface area (Å²) in [5, 5.41) is 2.75. The highest BCUT2D eigenvalue weighted by Crippen LogP contribution is 2.13. The van der Waals surface area contributed by atoms with Gasteiger partial charge in [-0.1, -0.05) is 0 Å². The topological polar surface area (TPSA) is 51.1 Å². The van der Waals surface area contributed by atoms with Gasteiger partial charge in [-0.25, -0.2) is 0 Å². The first-order valence-corrected chi connectivity index (χ1v) is 5.48. The van der Waals surface area contributed by atoms with E-state index in [1.165, 1.54) is 0 Å². The molecule has 0 saturated carbocycles. The van der Waals surface area contributed by atoms with Gasteiger partial charge in [0.1, 0.15) is 0 Å². The molecular weight excluding hydrogens is 204 g/mol. The van der Waals surface area contributed by atoms with Crippen LogP contribution in [-0.4, -0.2) is 23.3 Å². The summed E-state index contributed by atoms with van der Waals surface area (Å²) in [4.78, 5) is 22.1. The van der Waals surface area contributed by atoms with Gasteiger partial charge in [0.25, 0.3) is 0 Å². The predicted octanol–water partition coefficient (Wildman–Crippen LogP) is 1.44. The number of amides is 1. The van der Waals surface area contributed by atoms with Gasteiger partial charge in [-0.15, -0.1) is 0 Å². The van der Waals surface area contributed by atoms with Gasteiger partial charge in [0.05, 0.1) is 0 Å². The van der Waals surface area contributed by atoms with E-state index < -0.39 is 0 Å². The van der Waals surface area contributed by atoms with E-state index in [1.54, 1.807) is 0 Å². The molecule has 1 amide bonds. The average Bonchev–Trinajstić information content (AvgIpc) is 2.52. The number of carbonyl (C=O) groups is 2. The third-order valence-corrected chi connectivity index (χ3v) is 2.68. The first-order valence-electron chi connectivity index (χ1n) is 5.48. The molecule has 4 heteroatoms. The Bertz CT molecular complexity index is 394. The third-order valence-electron chi connectivity index (χ3n) is 2.68. The number of nitrogens with zero attached hydrogens (tertiary/aromatic N) is 1. The molecule has 1 rings (SSSR count). The van der Waals surface area contributed by atoms with Crippen LogP contribution in [0, 0.1) is 13.8 Å². The van der Waals surface area contributed by atoms with Gasteiger partial charge in [0.15, 0.2) is 6.29 Å². The van der Waals surface area contributed by atoms with E-state index in [4.69, 9.17) is 0 Å². The van der Waals surface area contributed by atoms with Crippen molar-refractivity contribution in [1.82, 2.24) is 9.88 Å².